The Bertz CT molecular complexity index is 908. The summed E-state index contributed by atoms with van der Waals surface area (Å²) in [6.45, 7) is 8.57. The van der Waals surface area contributed by atoms with Crippen LogP contribution in [0.25, 0.3) is 0 Å². The second-order valence-corrected chi connectivity index (χ2v) is 10.1. The normalized spacial score (nSPS) is 23.1. The number of carbonyl (C=O) groups excluding carboxylic acids is 3. The van der Waals surface area contributed by atoms with Crippen LogP contribution in [0.3, 0.4) is 0 Å². The zero-order valence-electron chi connectivity index (χ0n) is 21.2. The van der Waals surface area contributed by atoms with Crippen molar-refractivity contribution in [3.8, 4) is 0 Å². The van der Waals surface area contributed by atoms with Gasteiger partial charge in [0, 0.05) is 17.9 Å². The van der Waals surface area contributed by atoms with Gasteiger partial charge in [0.1, 0.15) is 18.2 Å². The first kappa shape index (κ1) is 26.7. The highest BCUT2D eigenvalue weighted by Crippen LogP contribution is 2.60. The predicted molar refractivity (Wildman–Crippen MR) is 129 cm³/mol. The lowest BCUT2D eigenvalue weighted by Gasteiger charge is -2.29. The van der Waals surface area contributed by atoms with Crippen LogP contribution in [0.5, 0.6) is 0 Å². The third-order valence-corrected chi connectivity index (χ3v) is 6.11. The van der Waals surface area contributed by atoms with Crippen LogP contribution in [-0.4, -0.2) is 60.4 Å². The average molecular weight is 488 g/mol. The largest absolute Gasteiger partial charge is 0.466 e. The minimum Gasteiger partial charge on any atom is -0.466 e. The zero-order chi connectivity index (χ0) is 25.5. The highest BCUT2D eigenvalue weighted by atomic mass is 16.6. The van der Waals surface area contributed by atoms with E-state index < -0.39 is 23.7 Å². The number of hydrogen-bond acceptors (Lipinski definition) is 7. The van der Waals surface area contributed by atoms with Crippen LogP contribution >= 0.6 is 0 Å². The lowest BCUT2D eigenvalue weighted by molar-refractivity contribution is -0.151. The maximum atomic E-state index is 13.0. The Labute approximate surface area is 207 Å². The molecule has 2 fully saturated rings. The van der Waals surface area contributed by atoms with E-state index in [1.807, 2.05) is 42.5 Å². The summed E-state index contributed by atoms with van der Waals surface area (Å²) in [5.41, 5.74) is -0.0484. The molecule has 3 atom stereocenters. The molecule has 3 rings (SSSR count). The van der Waals surface area contributed by atoms with E-state index in [4.69, 9.17) is 18.9 Å². The van der Waals surface area contributed by atoms with Crippen molar-refractivity contribution in [2.24, 2.45) is 5.41 Å². The Kier molecular flexibility index (Phi) is 8.94. The van der Waals surface area contributed by atoms with Crippen molar-refractivity contribution in [1.82, 2.24) is 4.90 Å². The number of likely N-dealkylation sites (tertiary alicyclic amines) is 1. The Morgan fingerprint density at radius 3 is 2.51 bits per heavy atom. The van der Waals surface area contributed by atoms with Crippen LogP contribution in [0.2, 0.25) is 0 Å². The number of ether oxygens (including phenoxy) is 4. The molecule has 1 saturated heterocycles. The molecule has 0 spiro atoms. The lowest BCUT2D eigenvalue weighted by atomic mass is 10.0. The molecule has 1 heterocycles. The van der Waals surface area contributed by atoms with Crippen LogP contribution in [-0.2, 0) is 35.1 Å². The van der Waals surface area contributed by atoms with Crippen LogP contribution < -0.4 is 0 Å². The molecule has 0 bridgehead atoms. The van der Waals surface area contributed by atoms with Gasteiger partial charge in [-0.05, 0) is 52.5 Å². The first-order chi connectivity index (χ1) is 16.6. The summed E-state index contributed by atoms with van der Waals surface area (Å²) < 4.78 is 21.9. The van der Waals surface area contributed by atoms with Gasteiger partial charge in [-0.3, -0.25) is 9.69 Å². The third kappa shape index (κ3) is 7.56. The Hall–Kier alpha value is -2.87. The van der Waals surface area contributed by atoms with E-state index in [1.165, 1.54) is 0 Å². The molecule has 1 aliphatic heterocycles. The van der Waals surface area contributed by atoms with Gasteiger partial charge >= 0.3 is 18.0 Å². The van der Waals surface area contributed by atoms with Crippen LogP contribution in [0, 0.1) is 5.41 Å². The Morgan fingerprint density at radius 1 is 1.09 bits per heavy atom. The van der Waals surface area contributed by atoms with Crippen molar-refractivity contribution in [2.75, 3.05) is 19.8 Å². The van der Waals surface area contributed by atoms with Gasteiger partial charge in [0.05, 0.1) is 19.8 Å². The monoisotopic (exact) mass is 487 g/mol. The third-order valence-electron chi connectivity index (χ3n) is 6.11. The standard InChI is InChI=1S/C27H37NO7/c1-5-33-23(29)14-10-7-11-15-32-19-27-16-21(24(30)34-18-20-12-8-6-9-13-20)28(22(27)17-27)25(31)35-26(2,3)4/h6-9,11-13,21-22H,5,10,14-19H2,1-4H3/b11-7+/t21-,22-,27+/m0/s1. The van der Waals surface area contributed by atoms with Gasteiger partial charge in [-0.1, -0.05) is 42.5 Å². The summed E-state index contributed by atoms with van der Waals surface area (Å²) in [5.74, 6) is -0.638. The number of fused-ring (bicyclic) bond motifs is 1. The lowest BCUT2D eigenvalue weighted by Crippen LogP contribution is -2.46. The molecule has 1 amide bonds. The maximum Gasteiger partial charge on any atom is 0.411 e. The van der Waals surface area contributed by atoms with Gasteiger partial charge < -0.3 is 18.9 Å². The molecule has 0 unspecified atom stereocenters. The van der Waals surface area contributed by atoms with E-state index in [-0.39, 0.29) is 24.0 Å². The van der Waals surface area contributed by atoms with Crippen LogP contribution in [0.1, 0.15) is 58.9 Å². The number of esters is 2. The number of benzene rings is 1. The van der Waals surface area contributed by atoms with Gasteiger partial charge in [-0.15, -0.1) is 0 Å². The van der Waals surface area contributed by atoms with Crippen molar-refractivity contribution in [1.29, 1.82) is 0 Å². The summed E-state index contributed by atoms with van der Waals surface area (Å²) in [6, 6.07) is 8.65. The topological polar surface area (TPSA) is 91.4 Å². The van der Waals surface area contributed by atoms with E-state index in [2.05, 4.69) is 0 Å². The molecular weight excluding hydrogens is 450 g/mol. The van der Waals surface area contributed by atoms with Gasteiger partial charge in [0.25, 0.3) is 0 Å². The van der Waals surface area contributed by atoms with Crippen LogP contribution in [0.4, 0.5) is 4.79 Å². The van der Waals surface area contributed by atoms with E-state index in [0.717, 1.165) is 12.0 Å². The summed E-state index contributed by atoms with van der Waals surface area (Å²) >= 11 is 0. The number of piperidine rings is 1. The first-order valence-electron chi connectivity index (χ1n) is 12.3. The summed E-state index contributed by atoms with van der Waals surface area (Å²) in [4.78, 5) is 38.9. The minimum absolute atomic E-state index is 0.112. The second kappa shape index (κ2) is 11.7. The number of hydrogen-bond donors (Lipinski definition) is 0. The first-order valence-corrected chi connectivity index (χ1v) is 12.3. The van der Waals surface area contributed by atoms with Crippen molar-refractivity contribution < 1.29 is 33.3 Å². The van der Waals surface area contributed by atoms with Gasteiger partial charge in [0.2, 0.25) is 0 Å². The second-order valence-electron chi connectivity index (χ2n) is 10.1. The summed E-state index contributed by atoms with van der Waals surface area (Å²) in [5, 5.41) is 0. The molecule has 1 saturated carbocycles. The average Bonchev–Trinajstić information content (AvgIpc) is 3.39. The summed E-state index contributed by atoms with van der Waals surface area (Å²) in [7, 11) is 0. The van der Waals surface area contributed by atoms with Gasteiger partial charge in [-0.2, -0.15) is 0 Å². The Morgan fingerprint density at radius 2 is 1.83 bits per heavy atom. The predicted octanol–water partition coefficient (Wildman–Crippen LogP) is 4.41. The van der Waals surface area contributed by atoms with E-state index in [9.17, 15) is 14.4 Å². The zero-order valence-corrected chi connectivity index (χ0v) is 21.2. The number of nitrogens with zero attached hydrogens (tertiary/aromatic N) is 1. The molecule has 2 aliphatic rings. The molecule has 0 N–H and O–H groups in total. The van der Waals surface area contributed by atoms with Crippen LogP contribution in [0.15, 0.2) is 42.5 Å². The quantitative estimate of drug-likeness (QED) is 0.198. The molecule has 192 valence electrons. The summed E-state index contributed by atoms with van der Waals surface area (Å²) in [6.07, 6.45) is 5.45. The van der Waals surface area contributed by atoms with Gasteiger partial charge in [-0.25, -0.2) is 9.59 Å². The molecule has 0 aromatic heterocycles. The molecule has 1 aromatic rings. The minimum atomic E-state index is -0.698. The SMILES string of the molecule is CCOC(=O)CC/C=C/COC[C@@]12C[C@@H]1N(C(=O)OC(C)(C)C)[C@H](C(=O)OCc1ccccc1)C2. The number of amides is 1. The molecule has 1 aromatic carbocycles. The van der Waals surface area contributed by atoms with Crippen molar-refractivity contribution >= 4 is 18.0 Å². The van der Waals surface area contributed by atoms with Crippen molar-refractivity contribution in [2.45, 2.75) is 77.7 Å². The maximum absolute atomic E-state index is 13.0. The van der Waals surface area contributed by atoms with Gasteiger partial charge in [0.15, 0.2) is 0 Å². The molecule has 8 nitrogen and oxygen atoms in total. The highest BCUT2D eigenvalue weighted by molar-refractivity contribution is 5.83. The molecule has 0 radical (unpaired) electrons. The molecule has 8 heteroatoms. The Balaban J connectivity index is 1.55. The number of rotatable bonds is 11. The highest BCUT2D eigenvalue weighted by Gasteiger charge is 2.68. The number of allylic oxidation sites excluding steroid dienone is 1. The number of carbonyl (C=O) groups is 3. The van der Waals surface area contributed by atoms with Crippen molar-refractivity contribution in [3.63, 3.8) is 0 Å². The van der Waals surface area contributed by atoms with E-state index in [1.54, 1.807) is 32.6 Å². The smallest absolute Gasteiger partial charge is 0.411 e. The molecule has 35 heavy (non-hydrogen) atoms. The fourth-order valence-electron chi connectivity index (χ4n) is 4.39. The van der Waals surface area contributed by atoms with E-state index >= 15 is 0 Å². The fourth-order valence-corrected chi connectivity index (χ4v) is 4.39. The fraction of sp³-hybridized carbons (Fsp3) is 0.593. The van der Waals surface area contributed by atoms with Crippen molar-refractivity contribution in [3.05, 3.63) is 48.0 Å². The van der Waals surface area contributed by atoms with E-state index in [0.29, 0.717) is 39.1 Å². The molecule has 1 aliphatic carbocycles. The molecular formula is C27H37NO7.